The van der Waals surface area contributed by atoms with Crippen LogP contribution in [-0.4, -0.2) is 29.7 Å². The largest absolute Gasteiger partial charge is 0.496 e. The Hall–Kier alpha value is -3.60. The lowest BCUT2D eigenvalue weighted by molar-refractivity contribution is -0.143. The molecule has 0 unspecified atom stereocenters. The minimum atomic E-state index is -0.641. The summed E-state index contributed by atoms with van der Waals surface area (Å²) >= 11 is 0. The van der Waals surface area contributed by atoms with Gasteiger partial charge in [-0.25, -0.2) is 0 Å². The highest BCUT2D eigenvalue weighted by Gasteiger charge is 2.33. The Balaban J connectivity index is 1.51. The van der Waals surface area contributed by atoms with Gasteiger partial charge in [0.1, 0.15) is 5.75 Å². The summed E-state index contributed by atoms with van der Waals surface area (Å²) in [5, 5.41) is 4.20. The Morgan fingerprint density at radius 1 is 0.933 bits per heavy atom. The molecular formula is C25H24N2O3. The van der Waals surface area contributed by atoms with Gasteiger partial charge >= 0.3 is 0 Å². The van der Waals surface area contributed by atoms with Gasteiger partial charge in [-0.3, -0.25) is 4.79 Å². The van der Waals surface area contributed by atoms with Gasteiger partial charge in [-0.05, 0) is 23.3 Å². The molecule has 152 valence electrons. The number of carbonyl (C=O) groups is 1. The van der Waals surface area contributed by atoms with Crippen LogP contribution in [0.1, 0.15) is 23.1 Å². The summed E-state index contributed by atoms with van der Waals surface area (Å²) in [7, 11) is 1.62. The summed E-state index contributed by atoms with van der Waals surface area (Å²) < 4.78 is 5.43. The lowest BCUT2D eigenvalue weighted by atomic mass is 10.0. The maximum absolute atomic E-state index is 13.4. The molecular weight excluding hydrogens is 376 g/mol. The summed E-state index contributed by atoms with van der Waals surface area (Å²) in [6, 6.07) is 27.6. The van der Waals surface area contributed by atoms with Gasteiger partial charge in [-0.2, -0.15) is 0 Å². The number of hydrogen-bond acceptors (Lipinski definition) is 4. The second-order valence-electron chi connectivity index (χ2n) is 7.20. The van der Waals surface area contributed by atoms with Crippen molar-refractivity contribution in [3.63, 3.8) is 0 Å². The minimum Gasteiger partial charge on any atom is -0.496 e. The van der Waals surface area contributed by atoms with E-state index in [1.807, 2.05) is 89.8 Å². The number of hydrogen-bond donors (Lipinski definition) is 0. The third-order valence-electron chi connectivity index (χ3n) is 5.11. The summed E-state index contributed by atoms with van der Waals surface area (Å²) in [4.78, 5) is 20.8. The molecule has 0 N–H and O–H groups in total. The molecule has 0 aromatic heterocycles. The van der Waals surface area contributed by atoms with Gasteiger partial charge in [0.05, 0.1) is 12.8 Å². The van der Waals surface area contributed by atoms with Crippen LogP contribution >= 0.6 is 0 Å². The Kier molecular flexibility index (Phi) is 6.09. The molecule has 0 radical (unpaired) electrons. The Morgan fingerprint density at radius 2 is 1.50 bits per heavy atom. The van der Waals surface area contributed by atoms with E-state index in [9.17, 15) is 4.79 Å². The maximum atomic E-state index is 13.4. The van der Waals surface area contributed by atoms with Gasteiger partial charge in [-0.1, -0.05) is 78.0 Å². The summed E-state index contributed by atoms with van der Waals surface area (Å²) in [6.07, 6.45) is -0.225. The standard InChI is InChI=1S/C25H24N2O3/c1-29-23-15-9-8-14-21(23)22-16-24(30-26-22)25(28)27(17-19-10-4-2-5-11-19)18-20-12-6-3-7-13-20/h2-15,24H,16-18H2,1H3/t24-/m1/s1. The third kappa shape index (κ3) is 4.51. The van der Waals surface area contributed by atoms with E-state index in [0.29, 0.717) is 19.5 Å². The van der Waals surface area contributed by atoms with Crippen molar-refractivity contribution in [2.24, 2.45) is 5.16 Å². The quantitative estimate of drug-likeness (QED) is 0.590. The molecule has 0 fully saturated rings. The van der Waals surface area contributed by atoms with E-state index in [-0.39, 0.29) is 5.91 Å². The molecule has 0 saturated heterocycles. The number of methoxy groups -OCH3 is 1. The van der Waals surface area contributed by atoms with Crippen LogP contribution in [0.4, 0.5) is 0 Å². The van der Waals surface area contributed by atoms with Gasteiger partial charge in [0.25, 0.3) is 5.91 Å². The van der Waals surface area contributed by atoms with Gasteiger partial charge in [-0.15, -0.1) is 0 Å². The minimum absolute atomic E-state index is 0.0728. The fraction of sp³-hybridized carbons (Fsp3) is 0.200. The molecule has 1 heterocycles. The van der Waals surface area contributed by atoms with E-state index in [1.165, 1.54) is 0 Å². The molecule has 4 rings (SSSR count). The van der Waals surface area contributed by atoms with Gasteiger partial charge < -0.3 is 14.5 Å². The lowest BCUT2D eigenvalue weighted by Gasteiger charge is -2.25. The average Bonchev–Trinajstić information content (AvgIpc) is 3.29. The molecule has 30 heavy (non-hydrogen) atoms. The SMILES string of the molecule is COc1ccccc1C1=NO[C@@H](C(=O)N(Cc2ccccc2)Cc2ccccc2)C1. The van der Waals surface area contributed by atoms with Crippen LogP contribution in [0.15, 0.2) is 90.1 Å². The van der Waals surface area contributed by atoms with Gasteiger partial charge in [0, 0.05) is 25.1 Å². The van der Waals surface area contributed by atoms with Crippen LogP contribution < -0.4 is 4.74 Å². The normalized spacial score (nSPS) is 15.2. The molecule has 1 aliphatic heterocycles. The molecule has 1 atom stereocenters. The van der Waals surface area contributed by atoms with E-state index in [1.54, 1.807) is 7.11 Å². The Morgan fingerprint density at radius 3 is 2.10 bits per heavy atom. The maximum Gasteiger partial charge on any atom is 0.267 e. The van der Waals surface area contributed by atoms with Crippen molar-refractivity contribution in [3.8, 4) is 5.75 Å². The van der Waals surface area contributed by atoms with Crippen molar-refractivity contribution in [3.05, 3.63) is 102 Å². The number of rotatable bonds is 7. The number of benzene rings is 3. The number of nitrogens with zero attached hydrogens (tertiary/aromatic N) is 2. The molecule has 1 aliphatic rings. The number of amides is 1. The van der Waals surface area contributed by atoms with Gasteiger partial charge in [0.2, 0.25) is 6.10 Å². The fourth-order valence-corrected chi connectivity index (χ4v) is 3.57. The fourth-order valence-electron chi connectivity index (χ4n) is 3.57. The molecule has 0 spiro atoms. The molecule has 5 nitrogen and oxygen atoms in total. The van der Waals surface area contributed by atoms with Crippen molar-refractivity contribution in [1.82, 2.24) is 4.90 Å². The van der Waals surface area contributed by atoms with Crippen LogP contribution in [0.25, 0.3) is 0 Å². The van der Waals surface area contributed by atoms with E-state index in [4.69, 9.17) is 9.57 Å². The number of para-hydroxylation sites is 1. The second-order valence-corrected chi connectivity index (χ2v) is 7.20. The van der Waals surface area contributed by atoms with Gasteiger partial charge in [0.15, 0.2) is 0 Å². The molecule has 3 aromatic carbocycles. The van der Waals surface area contributed by atoms with E-state index in [2.05, 4.69) is 5.16 Å². The zero-order valence-electron chi connectivity index (χ0n) is 16.9. The van der Waals surface area contributed by atoms with Crippen molar-refractivity contribution in [1.29, 1.82) is 0 Å². The average molecular weight is 400 g/mol. The summed E-state index contributed by atoms with van der Waals surface area (Å²) in [5.74, 6) is 0.648. The predicted octanol–water partition coefficient (Wildman–Crippen LogP) is 4.42. The smallest absolute Gasteiger partial charge is 0.267 e. The van der Waals surface area contributed by atoms with Crippen LogP contribution in [0, 0.1) is 0 Å². The Labute approximate surface area is 176 Å². The van der Waals surface area contributed by atoms with Crippen molar-refractivity contribution in [2.75, 3.05) is 7.11 Å². The highest BCUT2D eigenvalue weighted by molar-refractivity contribution is 6.05. The monoisotopic (exact) mass is 400 g/mol. The molecule has 5 heteroatoms. The second kappa shape index (κ2) is 9.27. The zero-order valence-corrected chi connectivity index (χ0v) is 16.9. The number of ether oxygens (including phenoxy) is 1. The third-order valence-corrected chi connectivity index (χ3v) is 5.11. The molecule has 0 aliphatic carbocycles. The van der Waals surface area contributed by atoms with Crippen molar-refractivity contribution >= 4 is 11.6 Å². The van der Waals surface area contributed by atoms with E-state index < -0.39 is 6.10 Å². The zero-order chi connectivity index (χ0) is 20.8. The van der Waals surface area contributed by atoms with E-state index in [0.717, 1.165) is 28.2 Å². The summed E-state index contributed by atoms with van der Waals surface area (Å²) in [6.45, 7) is 1.02. The molecule has 1 amide bonds. The number of carbonyl (C=O) groups excluding carboxylic acids is 1. The van der Waals surface area contributed by atoms with Crippen LogP contribution in [0.3, 0.4) is 0 Å². The Bertz CT molecular complexity index is 977. The molecule has 0 bridgehead atoms. The lowest BCUT2D eigenvalue weighted by Crippen LogP contribution is -2.38. The first-order valence-corrected chi connectivity index (χ1v) is 9.97. The van der Waals surface area contributed by atoms with E-state index >= 15 is 0 Å². The van der Waals surface area contributed by atoms with Crippen molar-refractivity contribution < 1.29 is 14.4 Å². The van der Waals surface area contributed by atoms with Crippen LogP contribution in [0.2, 0.25) is 0 Å². The van der Waals surface area contributed by atoms with Crippen LogP contribution in [-0.2, 0) is 22.7 Å². The summed E-state index contributed by atoms with van der Waals surface area (Å²) in [5.41, 5.74) is 3.73. The predicted molar refractivity (Wildman–Crippen MR) is 116 cm³/mol. The van der Waals surface area contributed by atoms with Crippen LogP contribution in [0.5, 0.6) is 5.75 Å². The first kappa shape index (κ1) is 19.7. The highest BCUT2D eigenvalue weighted by Crippen LogP contribution is 2.26. The first-order chi connectivity index (χ1) is 14.7. The molecule has 3 aromatic rings. The molecule has 0 saturated carbocycles. The first-order valence-electron chi connectivity index (χ1n) is 9.97. The highest BCUT2D eigenvalue weighted by atomic mass is 16.6. The topological polar surface area (TPSA) is 51.1 Å². The number of oxime groups is 1. The van der Waals surface area contributed by atoms with Crippen molar-refractivity contribution in [2.45, 2.75) is 25.6 Å².